The summed E-state index contributed by atoms with van der Waals surface area (Å²) in [5, 5.41) is 27.5. The summed E-state index contributed by atoms with van der Waals surface area (Å²) in [6.07, 6.45) is 3.01. The highest BCUT2D eigenvalue weighted by Crippen LogP contribution is 2.40. The van der Waals surface area contributed by atoms with Crippen LogP contribution in [0, 0.1) is 10.8 Å². The predicted octanol–water partition coefficient (Wildman–Crippen LogP) is 0.328. The molecule has 0 aliphatic heterocycles. The molecule has 0 aliphatic carbocycles. The van der Waals surface area contributed by atoms with Crippen LogP contribution in [0.1, 0.15) is 6.92 Å². The molecule has 0 atom stereocenters. The lowest BCUT2D eigenvalue weighted by Crippen LogP contribution is -2.45. The van der Waals surface area contributed by atoms with Gasteiger partial charge in [-0.25, -0.2) is 0 Å². The van der Waals surface area contributed by atoms with Crippen molar-refractivity contribution in [1.29, 1.82) is 0 Å². The lowest BCUT2D eigenvalue weighted by Gasteiger charge is -2.41. The summed E-state index contributed by atoms with van der Waals surface area (Å²) in [6, 6.07) is 0. The molecule has 3 nitrogen and oxygen atoms in total. The zero-order chi connectivity index (χ0) is 10.5. The molecule has 0 aromatic heterocycles. The van der Waals surface area contributed by atoms with E-state index in [1.165, 1.54) is 12.2 Å². The fourth-order valence-corrected chi connectivity index (χ4v) is 1.24. The quantitative estimate of drug-likeness (QED) is 0.524. The summed E-state index contributed by atoms with van der Waals surface area (Å²) in [5.41, 5.74) is -1.66. The summed E-state index contributed by atoms with van der Waals surface area (Å²) < 4.78 is 0. The zero-order valence-corrected chi connectivity index (χ0v) is 8.03. The molecular weight excluding hydrogens is 168 g/mol. The van der Waals surface area contributed by atoms with Gasteiger partial charge in [0.25, 0.3) is 0 Å². The minimum atomic E-state index is -0.837. The van der Waals surface area contributed by atoms with E-state index >= 15 is 0 Å². The minimum absolute atomic E-state index is 0.225. The van der Waals surface area contributed by atoms with Gasteiger partial charge in [-0.2, -0.15) is 0 Å². The molecule has 0 fully saturated rings. The molecule has 3 heteroatoms. The van der Waals surface area contributed by atoms with Crippen LogP contribution in [0.3, 0.4) is 0 Å². The summed E-state index contributed by atoms with van der Waals surface area (Å²) in [4.78, 5) is 0. The van der Waals surface area contributed by atoms with E-state index < -0.39 is 10.8 Å². The molecule has 0 saturated heterocycles. The Morgan fingerprint density at radius 2 is 1.38 bits per heavy atom. The van der Waals surface area contributed by atoms with Gasteiger partial charge >= 0.3 is 0 Å². The highest BCUT2D eigenvalue weighted by atomic mass is 16.3. The second kappa shape index (κ2) is 4.56. The van der Waals surface area contributed by atoms with E-state index in [2.05, 4.69) is 13.2 Å². The van der Waals surface area contributed by atoms with Gasteiger partial charge in [-0.15, -0.1) is 13.2 Å². The third kappa shape index (κ3) is 1.82. The van der Waals surface area contributed by atoms with Crippen molar-refractivity contribution in [1.82, 2.24) is 0 Å². The van der Waals surface area contributed by atoms with Crippen molar-refractivity contribution in [2.45, 2.75) is 6.92 Å². The molecule has 0 bridgehead atoms. The topological polar surface area (TPSA) is 60.7 Å². The van der Waals surface area contributed by atoms with Gasteiger partial charge < -0.3 is 15.3 Å². The summed E-state index contributed by atoms with van der Waals surface area (Å²) >= 11 is 0. The Balaban J connectivity index is 5.10. The molecule has 0 spiro atoms. The van der Waals surface area contributed by atoms with Crippen LogP contribution in [-0.4, -0.2) is 35.1 Å². The van der Waals surface area contributed by atoms with Crippen LogP contribution in [0.15, 0.2) is 25.3 Å². The first kappa shape index (κ1) is 12.4. The van der Waals surface area contributed by atoms with Gasteiger partial charge in [0.15, 0.2) is 0 Å². The molecule has 0 aliphatic rings. The minimum Gasteiger partial charge on any atom is -0.396 e. The number of rotatable bonds is 6. The Kier molecular flexibility index (Phi) is 4.33. The number of hydrogen-bond acceptors (Lipinski definition) is 3. The lowest BCUT2D eigenvalue weighted by atomic mass is 9.65. The Morgan fingerprint density at radius 3 is 1.46 bits per heavy atom. The molecule has 0 aromatic rings. The zero-order valence-electron chi connectivity index (χ0n) is 8.03. The molecule has 13 heavy (non-hydrogen) atoms. The summed E-state index contributed by atoms with van der Waals surface area (Å²) in [6.45, 7) is 8.15. The van der Waals surface area contributed by atoms with Crippen molar-refractivity contribution in [2.75, 3.05) is 19.8 Å². The van der Waals surface area contributed by atoms with E-state index in [1.807, 2.05) is 0 Å². The van der Waals surface area contributed by atoms with Crippen LogP contribution in [0.5, 0.6) is 0 Å². The van der Waals surface area contributed by atoms with Gasteiger partial charge in [-0.05, 0) is 0 Å². The third-order valence-electron chi connectivity index (χ3n) is 2.81. The fourth-order valence-electron chi connectivity index (χ4n) is 1.24. The van der Waals surface area contributed by atoms with E-state index in [0.717, 1.165) is 0 Å². The molecule has 0 saturated carbocycles. The summed E-state index contributed by atoms with van der Waals surface area (Å²) in [7, 11) is 0. The van der Waals surface area contributed by atoms with E-state index in [4.69, 9.17) is 10.2 Å². The van der Waals surface area contributed by atoms with Gasteiger partial charge in [0.05, 0.1) is 19.8 Å². The van der Waals surface area contributed by atoms with Gasteiger partial charge in [-0.3, -0.25) is 0 Å². The number of aliphatic hydroxyl groups is 3. The van der Waals surface area contributed by atoms with Gasteiger partial charge in [0.2, 0.25) is 0 Å². The standard InChI is InChI=1S/C10H18O3/c1-4-10(5-2,8-13)9(3,6-11)7-12/h4-5,11-13H,1-2,6-8H2,3H3. The van der Waals surface area contributed by atoms with Crippen LogP contribution in [0.4, 0.5) is 0 Å². The van der Waals surface area contributed by atoms with Crippen molar-refractivity contribution in [2.24, 2.45) is 10.8 Å². The van der Waals surface area contributed by atoms with Crippen molar-refractivity contribution in [3.63, 3.8) is 0 Å². The largest absolute Gasteiger partial charge is 0.396 e. The maximum absolute atomic E-state index is 9.21. The van der Waals surface area contributed by atoms with Crippen molar-refractivity contribution in [3.05, 3.63) is 25.3 Å². The fraction of sp³-hybridized carbons (Fsp3) is 0.600. The SMILES string of the molecule is C=CC(C=C)(CO)C(C)(CO)CO. The Hall–Kier alpha value is -0.640. The number of hydrogen-bond donors (Lipinski definition) is 3. The second-order valence-electron chi connectivity index (χ2n) is 3.48. The maximum Gasteiger partial charge on any atom is 0.0563 e. The Labute approximate surface area is 79.0 Å². The van der Waals surface area contributed by atoms with Crippen LogP contribution >= 0.6 is 0 Å². The highest BCUT2D eigenvalue weighted by molar-refractivity contribution is 5.14. The Morgan fingerprint density at radius 1 is 1.00 bits per heavy atom. The first-order chi connectivity index (χ1) is 6.05. The molecule has 0 radical (unpaired) electrons. The second-order valence-corrected chi connectivity index (χ2v) is 3.48. The van der Waals surface area contributed by atoms with E-state index in [0.29, 0.717) is 0 Å². The van der Waals surface area contributed by atoms with Crippen molar-refractivity contribution < 1.29 is 15.3 Å². The van der Waals surface area contributed by atoms with Crippen LogP contribution in [0.25, 0.3) is 0 Å². The Bertz CT molecular complexity index is 175. The monoisotopic (exact) mass is 186 g/mol. The maximum atomic E-state index is 9.21. The first-order valence-corrected chi connectivity index (χ1v) is 4.15. The molecule has 76 valence electrons. The van der Waals surface area contributed by atoms with Crippen molar-refractivity contribution in [3.8, 4) is 0 Å². The molecule has 0 rings (SSSR count). The van der Waals surface area contributed by atoms with E-state index in [-0.39, 0.29) is 19.8 Å². The molecule has 0 heterocycles. The highest BCUT2D eigenvalue weighted by Gasteiger charge is 2.42. The van der Waals surface area contributed by atoms with Crippen molar-refractivity contribution >= 4 is 0 Å². The molecule has 3 N–H and O–H groups in total. The molecule has 0 unspecified atom stereocenters. The average molecular weight is 186 g/mol. The smallest absolute Gasteiger partial charge is 0.0563 e. The summed E-state index contributed by atoms with van der Waals surface area (Å²) in [5.74, 6) is 0. The van der Waals surface area contributed by atoms with Crippen LogP contribution in [-0.2, 0) is 0 Å². The molecular formula is C10H18O3. The van der Waals surface area contributed by atoms with Gasteiger partial charge in [0.1, 0.15) is 0 Å². The first-order valence-electron chi connectivity index (χ1n) is 4.15. The van der Waals surface area contributed by atoms with Gasteiger partial charge in [-0.1, -0.05) is 19.1 Å². The van der Waals surface area contributed by atoms with E-state index in [1.54, 1.807) is 6.92 Å². The average Bonchev–Trinajstić information content (AvgIpc) is 2.20. The predicted molar refractivity (Wildman–Crippen MR) is 52.2 cm³/mol. The molecule has 0 aromatic carbocycles. The number of aliphatic hydroxyl groups excluding tert-OH is 3. The third-order valence-corrected chi connectivity index (χ3v) is 2.81. The van der Waals surface area contributed by atoms with E-state index in [9.17, 15) is 5.11 Å². The normalized spacial score (nSPS) is 12.6. The lowest BCUT2D eigenvalue weighted by molar-refractivity contribution is -0.0220. The van der Waals surface area contributed by atoms with Crippen LogP contribution in [0.2, 0.25) is 0 Å². The van der Waals surface area contributed by atoms with Gasteiger partial charge in [0, 0.05) is 10.8 Å². The molecule has 0 amide bonds. The van der Waals surface area contributed by atoms with Crippen LogP contribution < -0.4 is 0 Å².